The average molecular weight is 284 g/mol. The Morgan fingerprint density at radius 2 is 2.05 bits per heavy atom. The summed E-state index contributed by atoms with van der Waals surface area (Å²) in [5.41, 5.74) is -1.50. The van der Waals surface area contributed by atoms with Crippen LogP contribution in [-0.4, -0.2) is 16.9 Å². The molecule has 0 aliphatic heterocycles. The molecule has 108 valence electrons. The van der Waals surface area contributed by atoms with Gasteiger partial charge in [0.25, 0.3) is 5.91 Å². The molecule has 7 heteroatoms. The van der Waals surface area contributed by atoms with Gasteiger partial charge in [-0.3, -0.25) is 14.9 Å². The molecule has 1 unspecified atom stereocenters. The number of nitrogens with one attached hydrogen (secondary N) is 1. The fraction of sp³-hybridized carbons (Fsp3) is 0.462. The summed E-state index contributed by atoms with van der Waals surface area (Å²) in [6.07, 6.45) is 3.10. The highest BCUT2D eigenvalue weighted by atomic mass is 19.1. The van der Waals surface area contributed by atoms with Crippen molar-refractivity contribution in [3.63, 3.8) is 0 Å². The fourth-order valence-electron chi connectivity index (χ4n) is 2.19. The standard InChI is InChI=1S/C13H14F2N2O3/c1-7(8-3-2-4-8)16-13(18)9-5-11(15)12(17(19)20)6-10(9)14/h5-8H,2-4H2,1H3,(H,16,18). The molecule has 2 rings (SSSR count). The van der Waals surface area contributed by atoms with E-state index in [1.807, 2.05) is 0 Å². The van der Waals surface area contributed by atoms with Crippen molar-refractivity contribution in [1.82, 2.24) is 5.32 Å². The molecule has 20 heavy (non-hydrogen) atoms. The number of carbonyl (C=O) groups is 1. The highest BCUT2D eigenvalue weighted by Gasteiger charge is 2.27. The van der Waals surface area contributed by atoms with Crippen molar-refractivity contribution in [2.75, 3.05) is 0 Å². The maximum atomic E-state index is 13.7. The van der Waals surface area contributed by atoms with Crippen molar-refractivity contribution in [3.8, 4) is 0 Å². The summed E-state index contributed by atoms with van der Waals surface area (Å²) in [5.74, 6) is -2.73. The van der Waals surface area contributed by atoms with Gasteiger partial charge in [-0.25, -0.2) is 4.39 Å². The van der Waals surface area contributed by atoms with Crippen LogP contribution in [0.4, 0.5) is 14.5 Å². The van der Waals surface area contributed by atoms with Crippen LogP contribution in [0.15, 0.2) is 12.1 Å². The monoisotopic (exact) mass is 284 g/mol. The molecule has 0 radical (unpaired) electrons. The van der Waals surface area contributed by atoms with Crippen molar-refractivity contribution in [3.05, 3.63) is 39.4 Å². The van der Waals surface area contributed by atoms with Gasteiger partial charge < -0.3 is 5.32 Å². The van der Waals surface area contributed by atoms with Crippen LogP contribution < -0.4 is 5.32 Å². The number of nitrogens with zero attached hydrogens (tertiary/aromatic N) is 1. The van der Waals surface area contributed by atoms with Gasteiger partial charge in [0.2, 0.25) is 5.82 Å². The van der Waals surface area contributed by atoms with E-state index in [2.05, 4.69) is 5.32 Å². The molecule has 1 aromatic rings. The van der Waals surface area contributed by atoms with Crippen LogP contribution in [0.5, 0.6) is 0 Å². The minimum Gasteiger partial charge on any atom is -0.349 e. The zero-order valence-electron chi connectivity index (χ0n) is 10.9. The third-order valence-electron chi connectivity index (χ3n) is 3.69. The van der Waals surface area contributed by atoms with E-state index in [9.17, 15) is 23.7 Å². The predicted molar refractivity (Wildman–Crippen MR) is 67.3 cm³/mol. The SMILES string of the molecule is CC(NC(=O)c1cc(F)c([N+](=O)[O-])cc1F)C1CCC1. The van der Waals surface area contributed by atoms with Crippen molar-refractivity contribution < 1.29 is 18.5 Å². The summed E-state index contributed by atoms with van der Waals surface area (Å²) < 4.78 is 27.1. The van der Waals surface area contributed by atoms with Gasteiger partial charge >= 0.3 is 5.69 Å². The van der Waals surface area contributed by atoms with Gasteiger partial charge in [-0.05, 0) is 31.7 Å². The molecule has 1 aliphatic rings. The lowest BCUT2D eigenvalue weighted by molar-refractivity contribution is -0.387. The van der Waals surface area contributed by atoms with Crippen molar-refractivity contribution >= 4 is 11.6 Å². The molecule has 0 heterocycles. The Hall–Kier alpha value is -2.05. The number of nitro groups is 1. The molecule has 1 aromatic carbocycles. The number of amides is 1. The van der Waals surface area contributed by atoms with Crippen LogP contribution in [0.3, 0.4) is 0 Å². The Bertz CT molecular complexity index is 559. The topological polar surface area (TPSA) is 72.2 Å². The van der Waals surface area contributed by atoms with Crippen LogP contribution in [0.1, 0.15) is 36.5 Å². The molecule has 0 bridgehead atoms. The Morgan fingerprint density at radius 3 is 2.55 bits per heavy atom. The third kappa shape index (κ3) is 2.76. The molecule has 1 amide bonds. The van der Waals surface area contributed by atoms with E-state index >= 15 is 0 Å². The van der Waals surface area contributed by atoms with Crippen molar-refractivity contribution in [2.24, 2.45) is 5.92 Å². The molecule has 1 saturated carbocycles. The van der Waals surface area contributed by atoms with Crippen LogP contribution in [0.2, 0.25) is 0 Å². The smallest absolute Gasteiger partial charge is 0.307 e. The Labute approximate surface area is 114 Å². The largest absolute Gasteiger partial charge is 0.349 e. The first kappa shape index (κ1) is 14.4. The van der Waals surface area contributed by atoms with Gasteiger partial charge in [0.15, 0.2) is 0 Å². The Morgan fingerprint density at radius 1 is 1.40 bits per heavy atom. The number of hydrogen-bond donors (Lipinski definition) is 1. The number of halogens is 2. The second-order valence-corrected chi connectivity index (χ2v) is 4.99. The lowest BCUT2D eigenvalue weighted by Crippen LogP contribution is -2.41. The lowest BCUT2D eigenvalue weighted by atomic mass is 9.80. The fourth-order valence-corrected chi connectivity index (χ4v) is 2.19. The number of hydrogen-bond acceptors (Lipinski definition) is 3. The summed E-state index contributed by atoms with van der Waals surface area (Å²) in [7, 11) is 0. The van der Waals surface area contributed by atoms with Gasteiger partial charge in [-0.15, -0.1) is 0 Å². The van der Waals surface area contributed by atoms with Crippen LogP contribution in [0.25, 0.3) is 0 Å². The summed E-state index contributed by atoms with van der Waals surface area (Å²) in [4.78, 5) is 21.3. The molecule has 1 aliphatic carbocycles. The molecular weight excluding hydrogens is 270 g/mol. The molecule has 0 saturated heterocycles. The van der Waals surface area contributed by atoms with E-state index in [-0.39, 0.29) is 6.04 Å². The average Bonchev–Trinajstić information content (AvgIpc) is 2.28. The van der Waals surface area contributed by atoms with Crippen LogP contribution in [-0.2, 0) is 0 Å². The molecule has 0 aromatic heterocycles. The van der Waals surface area contributed by atoms with Gasteiger partial charge in [0.05, 0.1) is 16.6 Å². The Kier molecular flexibility index (Phi) is 3.96. The maximum absolute atomic E-state index is 13.7. The quantitative estimate of drug-likeness (QED) is 0.682. The minimum absolute atomic E-state index is 0.131. The van der Waals surface area contributed by atoms with E-state index < -0.39 is 33.7 Å². The zero-order chi connectivity index (χ0) is 14.9. The second kappa shape index (κ2) is 5.52. The summed E-state index contributed by atoms with van der Waals surface area (Å²) in [6, 6.07) is 0.864. The van der Waals surface area contributed by atoms with E-state index in [0.29, 0.717) is 18.1 Å². The van der Waals surface area contributed by atoms with E-state index in [1.54, 1.807) is 6.92 Å². The summed E-state index contributed by atoms with van der Waals surface area (Å²) >= 11 is 0. The number of rotatable bonds is 4. The zero-order valence-corrected chi connectivity index (χ0v) is 10.9. The summed E-state index contributed by atoms with van der Waals surface area (Å²) in [6.45, 7) is 1.81. The third-order valence-corrected chi connectivity index (χ3v) is 3.69. The number of benzene rings is 1. The predicted octanol–water partition coefficient (Wildman–Crippen LogP) is 2.79. The molecule has 1 N–H and O–H groups in total. The molecule has 1 fully saturated rings. The molecule has 5 nitrogen and oxygen atoms in total. The van der Waals surface area contributed by atoms with Crippen LogP contribution >= 0.6 is 0 Å². The molecule has 0 spiro atoms. The molecular formula is C13H14F2N2O3. The normalized spacial score (nSPS) is 16.4. The first-order valence-corrected chi connectivity index (χ1v) is 6.34. The Balaban J connectivity index is 2.17. The van der Waals surface area contributed by atoms with Crippen LogP contribution in [0, 0.1) is 27.7 Å². The lowest BCUT2D eigenvalue weighted by Gasteiger charge is -2.31. The van der Waals surface area contributed by atoms with E-state index in [0.717, 1.165) is 19.3 Å². The first-order chi connectivity index (χ1) is 9.40. The van der Waals surface area contributed by atoms with Gasteiger partial charge in [0, 0.05) is 6.04 Å². The molecule has 1 atom stereocenters. The number of carbonyl (C=O) groups excluding carboxylic acids is 1. The van der Waals surface area contributed by atoms with E-state index in [4.69, 9.17) is 0 Å². The highest BCUT2D eigenvalue weighted by molar-refractivity contribution is 5.95. The second-order valence-electron chi connectivity index (χ2n) is 4.99. The number of nitro benzene ring substituents is 1. The van der Waals surface area contributed by atoms with E-state index in [1.165, 1.54) is 0 Å². The maximum Gasteiger partial charge on any atom is 0.307 e. The van der Waals surface area contributed by atoms with Crippen molar-refractivity contribution in [2.45, 2.75) is 32.2 Å². The van der Waals surface area contributed by atoms with Gasteiger partial charge in [0.1, 0.15) is 5.82 Å². The highest BCUT2D eigenvalue weighted by Crippen LogP contribution is 2.29. The van der Waals surface area contributed by atoms with Gasteiger partial charge in [-0.2, -0.15) is 4.39 Å². The van der Waals surface area contributed by atoms with Gasteiger partial charge in [-0.1, -0.05) is 6.42 Å². The van der Waals surface area contributed by atoms with Crippen molar-refractivity contribution in [1.29, 1.82) is 0 Å². The first-order valence-electron chi connectivity index (χ1n) is 6.34. The summed E-state index contributed by atoms with van der Waals surface area (Å²) in [5, 5.41) is 13.1. The minimum atomic E-state index is -1.22.